The molecule has 0 spiro atoms. The Labute approximate surface area is 185 Å². The van der Waals surface area contributed by atoms with Gasteiger partial charge < -0.3 is 14.5 Å². The first-order chi connectivity index (χ1) is 14.9. The standard InChI is InChI=1S/C22H27N5O3S/c1-14-16(3)31-22(23-14)27-21(29)17(15(2)24-27)13-20(28)26-11-9-25(10-12-26)18-7-5-6-8-19(18)30-4/h5-8,24H,9-13H2,1-4H3. The highest BCUT2D eigenvalue weighted by Gasteiger charge is 2.25. The summed E-state index contributed by atoms with van der Waals surface area (Å²) in [6, 6.07) is 7.91. The van der Waals surface area contributed by atoms with E-state index in [1.165, 1.54) is 16.0 Å². The molecule has 1 aromatic carbocycles. The minimum atomic E-state index is -0.202. The number of nitrogens with one attached hydrogen (secondary N) is 1. The second-order valence-electron chi connectivity index (χ2n) is 7.71. The summed E-state index contributed by atoms with van der Waals surface area (Å²) in [5.74, 6) is 0.802. The van der Waals surface area contributed by atoms with Crippen molar-refractivity contribution in [1.29, 1.82) is 0 Å². The second kappa shape index (κ2) is 8.58. The van der Waals surface area contributed by atoms with Crippen molar-refractivity contribution >= 4 is 22.9 Å². The van der Waals surface area contributed by atoms with Crippen LogP contribution in [0.25, 0.3) is 5.13 Å². The van der Waals surface area contributed by atoms with Crippen molar-refractivity contribution < 1.29 is 9.53 Å². The number of aromatic nitrogens is 3. The van der Waals surface area contributed by atoms with Crippen LogP contribution < -0.4 is 15.2 Å². The van der Waals surface area contributed by atoms with Gasteiger partial charge >= 0.3 is 0 Å². The fourth-order valence-electron chi connectivity index (χ4n) is 3.83. The van der Waals surface area contributed by atoms with Crippen LogP contribution in [0.15, 0.2) is 29.1 Å². The monoisotopic (exact) mass is 441 g/mol. The van der Waals surface area contributed by atoms with Gasteiger partial charge in [-0.05, 0) is 32.9 Å². The van der Waals surface area contributed by atoms with Crippen LogP contribution in [0.3, 0.4) is 0 Å². The van der Waals surface area contributed by atoms with Gasteiger partial charge in [-0.25, -0.2) is 4.98 Å². The number of piperazine rings is 1. The Hall–Kier alpha value is -3.07. The third kappa shape index (κ3) is 4.10. The fraction of sp³-hybridized carbons (Fsp3) is 0.409. The number of carbonyl (C=O) groups excluding carboxylic acids is 1. The van der Waals surface area contributed by atoms with E-state index in [0.29, 0.717) is 29.5 Å². The minimum absolute atomic E-state index is 0.0301. The number of hydrogen-bond donors (Lipinski definition) is 1. The van der Waals surface area contributed by atoms with Crippen LogP contribution in [0.1, 0.15) is 21.8 Å². The zero-order valence-corrected chi connectivity index (χ0v) is 19.1. The number of rotatable bonds is 5. The molecule has 1 amide bonds. The van der Waals surface area contributed by atoms with Gasteiger partial charge in [0.1, 0.15) is 5.75 Å². The number of benzene rings is 1. The van der Waals surface area contributed by atoms with E-state index in [9.17, 15) is 9.59 Å². The molecule has 3 aromatic rings. The third-order valence-electron chi connectivity index (χ3n) is 5.79. The molecular weight excluding hydrogens is 414 g/mol. The van der Waals surface area contributed by atoms with E-state index in [1.54, 1.807) is 7.11 Å². The molecule has 8 nitrogen and oxygen atoms in total. The molecule has 1 aliphatic heterocycles. The number of methoxy groups -OCH3 is 1. The number of para-hydroxylation sites is 2. The van der Waals surface area contributed by atoms with Crippen LogP contribution in [-0.4, -0.2) is 58.9 Å². The zero-order chi connectivity index (χ0) is 22.1. The number of anilines is 1. The summed E-state index contributed by atoms with van der Waals surface area (Å²) in [7, 11) is 1.67. The van der Waals surface area contributed by atoms with Gasteiger partial charge in [0.25, 0.3) is 5.56 Å². The van der Waals surface area contributed by atoms with Crippen molar-refractivity contribution in [2.45, 2.75) is 27.2 Å². The van der Waals surface area contributed by atoms with Gasteiger partial charge in [-0.15, -0.1) is 0 Å². The van der Waals surface area contributed by atoms with Crippen molar-refractivity contribution in [1.82, 2.24) is 19.7 Å². The second-order valence-corrected chi connectivity index (χ2v) is 8.89. The number of amides is 1. The maximum atomic E-state index is 12.9. The van der Waals surface area contributed by atoms with Crippen LogP contribution in [0, 0.1) is 20.8 Å². The number of aromatic amines is 1. The Morgan fingerprint density at radius 1 is 1.16 bits per heavy atom. The van der Waals surface area contributed by atoms with Gasteiger partial charge in [0, 0.05) is 42.3 Å². The van der Waals surface area contributed by atoms with Gasteiger partial charge in [-0.1, -0.05) is 23.5 Å². The lowest BCUT2D eigenvalue weighted by atomic mass is 10.1. The number of hydrogen-bond acceptors (Lipinski definition) is 6. The molecule has 0 bridgehead atoms. The maximum Gasteiger partial charge on any atom is 0.277 e. The smallest absolute Gasteiger partial charge is 0.277 e. The molecule has 0 radical (unpaired) electrons. The summed E-state index contributed by atoms with van der Waals surface area (Å²) < 4.78 is 6.91. The van der Waals surface area contributed by atoms with Crippen LogP contribution in [0.4, 0.5) is 5.69 Å². The summed E-state index contributed by atoms with van der Waals surface area (Å²) in [5.41, 5.74) is 2.95. The first-order valence-electron chi connectivity index (χ1n) is 10.3. The van der Waals surface area contributed by atoms with E-state index in [-0.39, 0.29) is 17.9 Å². The largest absolute Gasteiger partial charge is 0.495 e. The number of aryl methyl sites for hydroxylation is 3. The lowest BCUT2D eigenvalue weighted by Gasteiger charge is -2.36. The lowest BCUT2D eigenvalue weighted by molar-refractivity contribution is -0.130. The molecule has 4 rings (SSSR count). The number of thiazole rings is 1. The molecule has 0 atom stereocenters. The Morgan fingerprint density at radius 2 is 1.87 bits per heavy atom. The van der Waals surface area contributed by atoms with Crippen LogP contribution >= 0.6 is 11.3 Å². The van der Waals surface area contributed by atoms with Gasteiger partial charge in [-0.2, -0.15) is 4.68 Å². The lowest BCUT2D eigenvalue weighted by Crippen LogP contribution is -2.49. The van der Waals surface area contributed by atoms with Gasteiger partial charge in [0.15, 0.2) is 0 Å². The summed E-state index contributed by atoms with van der Waals surface area (Å²) in [6.45, 7) is 8.39. The van der Waals surface area contributed by atoms with Gasteiger partial charge in [0.2, 0.25) is 11.0 Å². The molecule has 1 N–H and O–H groups in total. The van der Waals surface area contributed by atoms with E-state index in [0.717, 1.165) is 35.1 Å². The van der Waals surface area contributed by atoms with E-state index < -0.39 is 0 Å². The average molecular weight is 442 g/mol. The molecule has 0 unspecified atom stereocenters. The predicted molar refractivity (Wildman–Crippen MR) is 122 cm³/mol. The average Bonchev–Trinajstić information content (AvgIpc) is 3.26. The normalized spacial score (nSPS) is 14.2. The molecule has 1 fully saturated rings. The van der Waals surface area contributed by atoms with E-state index in [1.807, 2.05) is 49.9 Å². The molecule has 164 valence electrons. The Balaban J connectivity index is 1.44. The molecule has 9 heteroatoms. The molecule has 0 saturated carbocycles. The highest BCUT2D eigenvalue weighted by molar-refractivity contribution is 7.14. The summed E-state index contributed by atoms with van der Waals surface area (Å²) in [4.78, 5) is 35.5. The van der Waals surface area contributed by atoms with Crippen LogP contribution in [0.5, 0.6) is 5.75 Å². The van der Waals surface area contributed by atoms with Gasteiger partial charge in [0.05, 0.1) is 24.9 Å². The zero-order valence-electron chi connectivity index (χ0n) is 18.3. The molecule has 1 aliphatic rings. The third-order valence-corrected chi connectivity index (χ3v) is 6.85. The Morgan fingerprint density at radius 3 is 2.52 bits per heavy atom. The van der Waals surface area contributed by atoms with Crippen molar-refractivity contribution in [3.8, 4) is 10.9 Å². The van der Waals surface area contributed by atoms with Crippen molar-refractivity contribution in [3.63, 3.8) is 0 Å². The van der Waals surface area contributed by atoms with Crippen molar-refractivity contribution in [2.75, 3.05) is 38.2 Å². The van der Waals surface area contributed by atoms with Crippen molar-refractivity contribution in [3.05, 3.63) is 56.4 Å². The predicted octanol–water partition coefficient (Wildman–Crippen LogP) is 2.45. The minimum Gasteiger partial charge on any atom is -0.495 e. The fourth-order valence-corrected chi connectivity index (χ4v) is 4.70. The molecule has 1 saturated heterocycles. The van der Waals surface area contributed by atoms with Gasteiger partial charge in [-0.3, -0.25) is 14.7 Å². The number of nitrogens with zero attached hydrogens (tertiary/aromatic N) is 4. The summed E-state index contributed by atoms with van der Waals surface area (Å²) in [6.07, 6.45) is 0.0894. The quantitative estimate of drug-likeness (QED) is 0.658. The van der Waals surface area contributed by atoms with Crippen LogP contribution in [-0.2, 0) is 11.2 Å². The molecular formula is C22H27N5O3S. The topological polar surface area (TPSA) is 83.5 Å². The number of H-pyrrole nitrogens is 1. The van der Waals surface area contributed by atoms with E-state index in [2.05, 4.69) is 15.0 Å². The number of carbonyl (C=O) groups is 1. The van der Waals surface area contributed by atoms with Crippen molar-refractivity contribution in [2.24, 2.45) is 0 Å². The maximum absolute atomic E-state index is 12.9. The molecule has 2 aromatic heterocycles. The molecule has 0 aliphatic carbocycles. The highest BCUT2D eigenvalue weighted by Crippen LogP contribution is 2.28. The molecule has 3 heterocycles. The van der Waals surface area contributed by atoms with E-state index in [4.69, 9.17) is 4.74 Å². The summed E-state index contributed by atoms with van der Waals surface area (Å²) in [5, 5.41) is 3.68. The van der Waals surface area contributed by atoms with Crippen LogP contribution in [0.2, 0.25) is 0 Å². The first-order valence-corrected chi connectivity index (χ1v) is 11.1. The number of ether oxygens (including phenoxy) is 1. The SMILES string of the molecule is COc1ccccc1N1CCN(C(=O)Cc2c(C)[nH]n(-c3nc(C)c(C)s3)c2=O)CC1. The molecule has 31 heavy (non-hydrogen) atoms. The summed E-state index contributed by atoms with van der Waals surface area (Å²) >= 11 is 1.46. The highest BCUT2D eigenvalue weighted by atomic mass is 32.1. The first kappa shape index (κ1) is 21.2. The Bertz CT molecular complexity index is 1130. The Kier molecular flexibility index (Phi) is 5.86. The van der Waals surface area contributed by atoms with E-state index >= 15 is 0 Å².